The van der Waals surface area contributed by atoms with Gasteiger partial charge in [-0.1, -0.05) is 31.0 Å². The molecule has 0 bridgehead atoms. The summed E-state index contributed by atoms with van der Waals surface area (Å²) < 4.78 is 13.7. The van der Waals surface area contributed by atoms with E-state index in [-0.39, 0.29) is 22.9 Å². The van der Waals surface area contributed by atoms with Gasteiger partial charge in [0.25, 0.3) is 11.1 Å². The van der Waals surface area contributed by atoms with Gasteiger partial charge in [-0.2, -0.15) is 0 Å². The Balaban J connectivity index is 1.71. The third-order valence-corrected chi connectivity index (χ3v) is 5.22. The zero-order chi connectivity index (χ0) is 17.8. The predicted octanol–water partition coefficient (Wildman–Crippen LogP) is 3.26. The van der Waals surface area contributed by atoms with Gasteiger partial charge in [0, 0.05) is 18.7 Å². The van der Waals surface area contributed by atoms with Gasteiger partial charge in [0.1, 0.15) is 12.4 Å². The van der Waals surface area contributed by atoms with E-state index < -0.39 is 17.0 Å². The summed E-state index contributed by atoms with van der Waals surface area (Å²) in [5.74, 6) is -1.22. The first-order chi connectivity index (χ1) is 12.1. The molecule has 3 amide bonds. The van der Waals surface area contributed by atoms with Crippen LogP contribution >= 0.6 is 11.8 Å². The highest BCUT2D eigenvalue weighted by atomic mass is 32.2. The highest BCUT2D eigenvalue weighted by Crippen LogP contribution is 2.32. The van der Waals surface area contributed by atoms with Crippen molar-refractivity contribution >= 4 is 34.9 Å². The molecule has 0 aliphatic carbocycles. The first-order valence-electron chi connectivity index (χ1n) is 8.34. The molecule has 25 heavy (non-hydrogen) atoms. The highest BCUT2D eigenvalue weighted by Gasteiger charge is 2.37. The molecule has 5 nitrogen and oxygen atoms in total. The standard InChI is InChI=1S/C18H19FN2O3S/c19-14-8-4-3-7-13(14)11-15-17(23)21(18(24)25-15)12-16(22)20-9-5-1-2-6-10-20/h3-4,7-8,11H,1-2,5-6,9-10,12H2/b15-11+. The number of halogens is 1. The summed E-state index contributed by atoms with van der Waals surface area (Å²) in [6.45, 7) is 1.08. The van der Waals surface area contributed by atoms with Crippen LogP contribution in [0.2, 0.25) is 0 Å². The predicted molar refractivity (Wildman–Crippen MR) is 94.1 cm³/mol. The van der Waals surface area contributed by atoms with Crippen molar-refractivity contribution in [2.75, 3.05) is 19.6 Å². The molecule has 2 saturated heterocycles. The van der Waals surface area contributed by atoms with Crippen molar-refractivity contribution in [3.8, 4) is 0 Å². The van der Waals surface area contributed by atoms with Gasteiger partial charge in [-0.05, 0) is 36.7 Å². The molecule has 0 spiro atoms. The number of hydrogen-bond donors (Lipinski definition) is 0. The van der Waals surface area contributed by atoms with Crippen LogP contribution in [0.25, 0.3) is 6.08 Å². The Morgan fingerprint density at radius 1 is 1.12 bits per heavy atom. The van der Waals surface area contributed by atoms with Gasteiger partial charge in [0.15, 0.2) is 0 Å². The van der Waals surface area contributed by atoms with E-state index in [1.165, 1.54) is 18.2 Å². The van der Waals surface area contributed by atoms with E-state index in [1.807, 2.05) is 0 Å². The van der Waals surface area contributed by atoms with Crippen LogP contribution in [0.4, 0.5) is 9.18 Å². The van der Waals surface area contributed by atoms with Crippen LogP contribution in [0.1, 0.15) is 31.2 Å². The Morgan fingerprint density at radius 2 is 1.80 bits per heavy atom. The Bertz CT molecular complexity index is 727. The molecule has 0 unspecified atom stereocenters. The van der Waals surface area contributed by atoms with Gasteiger partial charge in [0.2, 0.25) is 5.91 Å². The zero-order valence-electron chi connectivity index (χ0n) is 13.7. The van der Waals surface area contributed by atoms with Crippen molar-refractivity contribution in [2.45, 2.75) is 25.7 Å². The van der Waals surface area contributed by atoms with Gasteiger partial charge >= 0.3 is 0 Å². The van der Waals surface area contributed by atoms with Crippen LogP contribution in [-0.2, 0) is 9.59 Å². The van der Waals surface area contributed by atoms with Crippen molar-refractivity contribution in [3.63, 3.8) is 0 Å². The maximum atomic E-state index is 13.7. The second-order valence-electron chi connectivity index (χ2n) is 6.08. The monoisotopic (exact) mass is 362 g/mol. The lowest BCUT2D eigenvalue weighted by Crippen LogP contribution is -2.42. The van der Waals surface area contributed by atoms with Crippen LogP contribution in [0.5, 0.6) is 0 Å². The maximum absolute atomic E-state index is 13.7. The number of nitrogens with zero attached hydrogens (tertiary/aromatic N) is 2. The molecule has 1 aromatic rings. The molecule has 0 saturated carbocycles. The van der Waals surface area contributed by atoms with Crippen molar-refractivity contribution in [2.24, 2.45) is 0 Å². The average Bonchev–Trinajstić information content (AvgIpc) is 2.80. The topological polar surface area (TPSA) is 57.7 Å². The Kier molecular flexibility index (Phi) is 5.53. The molecule has 0 radical (unpaired) electrons. The number of carbonyl (C=O) groups is 3. The van der Waals surface area contributed by atoms with Gasteiger partial charge in [-0.25, -0.2) is 4.39 Å². The smallest absolute Gasteiger partial charge is 0.294 e. The van der Waals surface area contributed by atoms with E-state index in [0.717, 1.165) is 42.3 Å². The summed E-state index contributed by atoms with van der Waals surface area (Å²) in [4.78, 5) is 39.8. The number of carbonyl (C=O) groups excluding carboxylic acids is 3. The third kappa shape index (κ3) is 4.10. The SMILES string of the molecule is O=C(CN1C(=O)S/C(=C/c2ccccc2F)C1=O)N1CCCCCC1. The number of hydrogen-bond acceptors (Lipinski definition) is 4. The number of amides is 3. The first-order valence-corrected chi connectivity index (χ1v) is 9.15. The molecular formula is C18H19FN2O3S. The van der Waals surface area contributed by atoms with E-state index in [2.05, 4.69) is 0 Å². The minimum absolute atomic E-state index is 0.138. The molecule has 2 heterocycles. The van der Waals surface area contributed by atoms with Crippen LogP contribution < -0.4 is 0 Å². The lowest BCUT2D eigenvalue weighted by Gasteiger charge is -2.22. The maximum Gasteiger partial charge on any atom is 0.294 e. The summed E-state index contributed by atoms with van der Waals surface area (Å²) in [7, 11) is 0. The Labute approximate surface area is 149 Å². The number of imide groups is 1. The first kappa shape index (κ1) is 17.7. The van der Waals surface area contributed by atoms with E-state index >= 15 is 0 Å². The molecule has 3 rings (SSSR count). The number of thioether (sulfide) groups is 1. The van der Waals surface area contributed by atoms with Crippen LogP contribution in [-0.4, -0.2) is 46.5 Å². The minimum atomic E-state index is -0.540. The Morgan fingerprint density at radius 3 is 2.48 bits per heavy atom. The minimum Gasteiger partial charge on any atom is -0.341 e. The summed E-state index contributed by atoms with van der Waals surface area (Å²) in [6.07, 6.45) is 5.44. The Hall–Kier alpha value is -2.15. The van der Waals surface area contributed by atoms with Crippen LogP contribution in [0.3, 0.4) is 0 Å². The summed E-state index contributed by atoms with van der Waals surface area (Å²) in [6, 6.07) is 6.03. The summed E-state index contributed by atoms with van der Waals surface area (Å²) >= 11 is 0.739. The molecule has 0 N–H and O–H groups in total. The van der Waals surface area contributed by atoms with Crippen LogP contribution in [0.15, 0.2) is 29.2 Å². The fourth-order valence-electron chi connectivity index (χ4n) is 2.93. The number of rotatable bonds is 3. The fourth-order valence-corrected chi connectivity index (χ4v) is 3.75. The van der Waals surface area contributed by atoms with Crippen molar-refractivity contribution in [3.05, 3.63) is 40.6 Å². The van der Waals surface area contributed by atoms with Crippen molar-refractivity contribution in [1.82, 2.24) is 9.80 Å². The summed E-state index contributed by atoms with van der Waals surface area (Å²) in [5.41, 5.74) is 0.242. The molecule has 7 heteroatoms. The van der Waals surface area contributed by atoms with Gasteiger partial charge in [-0.15, -0.1) is 0 Å². The van der Waals surface area contributed by atoms with E-state index in [0.29, 0.717) is 13.1 Å². The van der Waals surface area contributed by atoms with E-state index in [1.54, 1.807) is 17.0 Å². The molecule has 2 fully saturated rings. The lowest BCUT2D eigenvalue weighted by molar-refractivity contribution is -0.135. The third-order valence-electron chi connectivity index (χ3n) is 4.32. The van der Waals surface area contributed by atoms with E-state index in [4.69, 9.17) is 0 Å². The molecule has 132 valence electrons. The number of likely N-dealkylation sites (tertiary alicyclic amines) is 1. The van der Waals surface area contributed by atoms with Crippen molar-refractivity contribution in [1.29, 1.82) is 0 Å². The molecule has 0 aromatic heterocycles. The quantitative estimate of drug-likeness (QED) is 0.775. The zero-order valence-corrected chi connectivity index (χ0v) is 14.6. The largest absolute Gasteiger partial charge is 0.341 e. The van der Waals surface area contributed by atoms with Gasteiger partial charge in [-0.3, -0.25) is 19.3 Å². The normalized spacial score (nSPS) is 20.3. The summed E-state index contributed by atoms with van der Waals surface area (Å²) in [5, 5.41) is -0.490. The molecule has 0 atom stereocenters. The fraction of sp³-hybridized carbons (Fsp3) is 0.389. The number of benzene rings is 1. The second kappa shape index (κ2) is 7.82. The molecule has 1 aromatic carbocycles. The molecular weight excluding hydrogens is 343 g/mol. The lowest BCUT2D eigenvalue weighted by atomic mass is 10.2. The average molecular weight is 362 g/mol. The van der Waals surface area contributed by atoms with E-state index in [9.17, 15) is 18.8 Å². The highest BCUT2D eigenvalue weighted by molar-refractivity contribution is 8.18. The van der Waals surface area contributed by atoms with Crippen molar-refractivity contribution < 1.29 is 18.8 Å². The van der Waals surface area contributed by atoms with Gasteiger partial charge < -0.3 is 4.90 Å². The molecule has 2 aliphatic rings. The van der Waals surface area contributed by atoms with Crippen LogP contribution in [0, 0.1) is 5.82 Å². The van der Waals surface area contributed by atoms with Gasteiger partial charge in [0.05, 0.1) is 4.91 Å². The second-order valence-corrected chi connectivity index (χ2v) is 7.08. The molecule has 2 aliphatic heterocycles.